The average Bonchev–Trinajstić information content (AvgIpc) is 3.18. The molecule has 4 nitrogen and oxygen atoms in total. The number of para-hydroxylation sites is 1. The SMILES string of the molecule is Cc1ccc(NC(=O)c2cc(-c3ccccc3)nn2-c2ccccc2)cc1C. The number of amides is 1. The fourth-order valence-electron chi connectivity index (χ4n) is 3.07. The van der Waals surface area contributed by atoms with E-state index < -0.39 is 0 Å². The number of nitrogens with zero attached hydrogens (tertiary/aromatic N) is 2. The molecule has 138 valence electrons. The zero-order chi connectivity index (χ0) is 19.5. The van der Waals surface area contributed by atoms with Crippen LogP contribution >= 0.6 is 0 Å². The lowest BCUT2D eigenvalue weighted by Crippen LogP contribution is -2.17. The maximum atomic E-state index is 13.1. The average molecular weight is 367 g/mol. The molecule has 0 aliphatic carbocycles. The van der Waals surface area contributed by atoms with Gasteiger partial charge in [0.1, 0.15) is 5.69 Å². The van der Waals surface area contributed by atoms with Gasteiger partial charge in [-0.2, -0.15) is 5.10 Å². The maximum absolute atomic E-state index is 13.1. The van der Waals surface area contributed by atoms with Gasteiger partial charge in [0.05, 0.1) is 11.4 Å². The Morgan fingerprint density at radius 3 is 2.18 bits per heavy atom. The molecule has 0 fully saturated rings. The van der Waals surface area contributed by atoms with Crippen molar-refractivity contribution in [1.82, 2.24) is 9.78 Å². The molecule has 0 bridgehead atoms. The Morgan fingerprint density at radius 1 is 0.821 bits per heavy atom. The van der Waals surface area contributed by atoms with Gasteiger partial charge < -0.3 is 5.32 Å². The van der Waals surface area contributed by atoms with E-state index in [2.05, 4.69) is 12.2 Å². The summed E-state index contributed by atoms with van der Waals surface area (Å²) in [6.45, 7) is 4.09. The van der Waals surface area contributed by atoms with Crippen molar-refractivity contribution in [2.75, 3.05) is 5.32 Å². The third kappa shape index (κ3) is 3.58. The fourth-order valence-corrected chi connectivity index (χ4v) is 3.07. The monoisotopic (exact) mass is 367 g/mol. The van der Waals surface area contributed by atoms with Crippen molar-refractivity contribution in [2.45, 2.75) is 13.8 Å². The molecule has 4 heteroatoms. The highest BCUT2D eigenvalue weighted by molar-refractivity contribution is 6.04. The number of aryl methyl sites for hydroxylation is 2. The predicted octanol–water partition coefficient (Wildman–Crippen LogP) is 5.41. The maximum Gasteiger partial charge on any atom is 0.274 e. The standard InChI is InChI=1S/C24H21N3O/c1-17-13-14-20(15-18(17)2)25-24(28)23-16-22(19-9-5-3-6-10-19)26-27(23)21-11-7-4-8-12-21/h3-16H,1-2H3,(H,25,28). The lowest BCUT2D eigenvalue weighted by molar-refractivity contribution is 0.101. The Hall–Kier alpha value is -3.66. The molecule has 1 N–H and O–H groups in total. The lowest BCUT2D eigenvalue weighted by atomic mass is 10.1. The molecule has 0 radical (unpaired) electrons. The van der Waals surface area contributed by atoms with Crippen molar-refractivity contribution in [3.63, 3.8) is 0 Å². The first-order valence-corrected chi connectivity index (χ1v) is 9.21. The fraction of sp³-hybridized carbons (Fsp3) is 0.0833. The van der Waals surface area contributed by atoms with Crippen LogP contribution in [-0.2, 0) is 0 Å². The minimum atomic E-state index is -0.193. The summed E-state index contributed by atoms with van der Waals surface area (Å²) in [5.74, 6) is -0.193. The summed E-state index contributed by atoms with van der Waals surface area (Å²) in [6.07, 6.45) is 0. The number of hydrogen-bond donors (Lipinski definition) is 1. The van der Waals surface area contributed by atoms with Gasteiger partial charge in [-0.15, -0.1) is 0 Å². The second-order valence-electron chi connectivity index (χ2n) is 6.78. The van der Waals surface area contributed by atoms with Crippen LogP contribution in [0.1, 0.15) is 21.6 Å². The molecule has 0 unspecified atom stereocenters. The number of rotatable bonds is 4. The first kappa shape index (κ1) is 17.7. The third-order valence-electron chi connectivity index (χ3n) is 4.78. The van der Waals surface area contributed by atoms with E-state index in [0.717, 1.165) is 28.2 Å². The number of anilines is 1. The zero-order valence-electron chi connectivity index (χ0n) is 15.9. The summed E-state index contributed by atoms with van der Waals surface area (Å²) < 4.78 is 1.69. The van der Waals surface area contributed by atoms with Crippen LogP contribution in [0.4, 0.5) is 5.69 Å². The van der Waals surface area contributed by atoms with E-state index in [4.69, 9.17) is 5.10 Å². The smallest absolute Gasteiger partial charge is 0.274 e. The Kier molecular flexibility index (Phi) is 4.77. The van der Waals surface area contributed by atoms with E-state index in [1.165, 1.54) is 5.56 Å². The first-order chi connectivity index (χ1) is 13.6. The molecular weight excluding hydrogens is 346 g/mol. The van der Waals surface area contributed by atoms with Gasteiger partial charge in [0, 0.05) is 11.3 Å². The Balaban J connectivity index is 1.75. The van der Waals surface area contributed by atoms with E-state index in [9.17, 15) is 4.79 Å². The summed E-state index contributed by atoms with van der Waals surface area (Å²) in [5.41, 5.74) is 6.17. The van der Waals surface area contributed by atoms with E-state index in [-0.39, 0.29) is 5.91 Å². The van der Waals surface area contributed by atoms with Gasteiger partial charge in [-0.05, 0) is 55.3 Å². The topological polar surface area (TPSA) is 46.9 Å². The molecule has 0 atom stereocenters. The second-order valence-corrected chi connectivity index (χ2v) is 6.78. The number of hydrogen-bond acceptors (Lipinski definition) is 2. The Labute approximate surface area is 164 Å². The molecule has 28 heavy (non-hydrogen) atoms. The first-order valence-electron chi connectivity index (χ1n) is 9.21. The van der Waals surface area contributed by atoms with Crippen LogP contribution in [0.25, 0.3) is 16.9 Å². The molecule has 0 aliphatic rings. The van der Waals surface area contributed by atoms with Crippen molar-refractivity contribution in [1.29, 1.82) is 0 Å². The predicted molar refractivity (Wildman–Crippen MR) is 113 cm³/mol. The molecule has 0 spiro atoms. The molecule has 1 heterocycles. The van der Waals surface area contributed by atoms with Crippen molar-refractivity contribution >= 4 is 11.6 Å². The van der Waals surface area contributed by atoms with Gasteiger partial charge >= 0.3 is 0 Å². The van der Waals surface area contributed by atoms with E-state index in [1.54, 1.807) is 4.68 Å². The van der Waals surface area contributed by atoms with E-state index in [0.29, 0.717) is 5.69 Å². The highest BCUT2D eigenvalue weighted by Gasteiger charge is 2.18. The Morgan fingerprint density at radius 2 is 1.50 bits per heavy atom. The number of carbonyl (C=O) groups is 1. The summed E-state index contributed by atoms with van der Waals surface area (Å²) >= 11 is 0. The number of benzene rings is 3. The van der Waals surface area contributed by atoms with Crippen LogP contribution in [0.2, 0.25) is 0 Å². The molecular formula is C24H21N3O. The van der Waals surface area contributed by atoms with Crippen molar-refractivity contribution in [3.05, 3.63) is 102 Å². The summed E-state index contributed by atoms with van der Waals surface area (Å²) in [4.78, 5) is 13.1. The number of nitrogens with one attached hydrogen (secondary N) is 1. The normalized spacial score (nSPS) is 10.6. The van der Waals surface area contributed by atoms with E-state index in [1.807, 2.05) is 91.9 Å². The lowest BCUT2D eigenvalue weighted by Gasteiger charge is -2.09. The molecule has 3 aromatic carbocycles. The van der Waals surface area contributed by atoms with Gasteiger partial charge in [0.2, 0.25) is 0 Å². The van der Waals surface area contributed by atoms with Crippen LogP contribution in [-0.4, -0.2) is 15.7 Å². The van der Waals surface area contributed by atoms with Gasteiger partial charge in [-0.1, -0.05) is 54.6 Å². The minimum absolute atomic E-state index is 0.193. The number of aromatic nitrogens is 2. The minimum Gasteiger partial charge on any atom is -0.321 e. The second kappa shape index (κ2) is 7.53. The Bertz CT molecular complexity index is 1120. The summed E-state index contributed by atoms with van der Waals surface area (Å²) in [7, 11) is 0. The highest BCUT2D eigenvalue weighted by atomic mass is 16.2. The van der Waals surface area contributed by atoms with Crippen LogP contribution in [0.5, 0.6) is 0 Å². The van der Waals surface area contributed by atoms with Crippen molar-refractivity contribution in [3.8, 4) is 16.9 Å². The van der Waals surface area contributed by atoms with Gasteiger partial charge in [-0.3, -0.25) is 4.79 Å². The zero-order valence-corrected chi connectivity index (χ0v) is 15.9. The molecule has 1 aromatic heterocycles. The summed E-state index contributed by atoms with van der Waals surface area (Å²) in [5, 5.41) is 7.70. The molecule has 1 amide bonds. The molecule has 4 aromatic rings. The van der Waals surface area contributed by atoms with Crippen molar-refractivity contribution in [2.24, 2.45) is 0 Å². The van der Waals surface area contributed by atoms with Gasteiger partial charge in [0.15, 0.2) is 0 Å². The quantitative estimate of drug-likeness (QED) is 0.524. The number of carbonyl (C=O) groups excluding carboxylic acids is 1. The van der Waals surface area contributed by atoms with Crippen LogP contribution in [0, 0.1) is 13.8 Å². The van der Waals surface area contributed by atoms with Crippen LogP contribution in [0.15, 0.2) is 84.9 Å². The third-order valence-corrected chi connectivity index (χ3v) is 4.78. The summed E-state index contributed by atoms with van der Waals surface area (Å²) in [6, 6.07) is 27.3. The van der Waals surface area contributed by atoms with Crippen LogP contribution < -0.4 is 5.32 Å². The van der Waals surface area contributed by atoms with Crippen LogP contribution in [0.3, 0.4) is 0 Å². The van der Waals surface area contributed by atoms with E-state index >= 15 is 0 Å². The molecule has 0 aliphatic heterocycles. The van der Waals surface area contributed by atoms with Gasteiger partial charge in [-0.25, -0.2) is 4.68 Å². The molecule has 0 saturated carbocycles. The van der Waals surface area contributed by atoms with Crippen molar-refractivity contribution < 1.29 is 4.79 Å². The van der Waals surface area contributed by atoms with Gasteiger partial charge in [0.25, 0.3) is 5.91 Å². The molecule has 4 rings (SSSR count). The molecule has 0 saturated heterocycles. The largest absolute Gasteiger partial charge is 0.321 e. The highest BCUT2D eigenvalue weighted by Crippen LogP contribution is 2.23.